The van der Waals surface area contributed by atoms with Crippen LogP contribution in [0.25, 0.3) is 0 Å². The van der Waals surface area contributed by atoms with E-state index in [1.54, 1.807) is 4.57 Å². The second-order valence-corrected chi connectivity index (χ2v) is 5.45. The molecule has 0 saturated carbocycles. The fraction of sp³-hybridized carbons (Fsp3) is 0.769. The summed E-state index contributed by atoms with van der Waals surface area (Å²) < 4.78 is 3.04. The third-order valence-corrected chi connectivity index (χ3v) is 4.01. The first-order valence-corrected chi connectivity index (χ1v) is 7.41. The number of hydrogen-bond acceptors (Lipinski definition) is 4. The maximum atomic E-state index is 12.3. The van der Waals surface area contributed by atoms with Crippen molar-refractivity contribution in [2.24, 2.45) is 0 Å². The molecule has 3 heterocycles. The molecule has 1 aromatic rings. The van der Waals surface area contributed by atoms with E-state index < -0.39 is 0 Å². The zero-order chi connectivity index (χ0) is 13.9. The van der Waals surface area contributed by atoms with Gasteiger partial charge in [-0.2, -0.15) is 5.10 Å². The van der Waals surface area contributed by atoms with Gasteiger partial charge in [0.1, 0.15) is 12.4 Å². The van der Waals surface area contributed by atoms with Crippen molar-refractivity contribution in [1.82, 2.24) is 24.6 Å². The minimum Gasteiger partial charge on any atom is -0.340 e. The largest absolute Gasteiger partial charge is 0.346 e. The number of fused-ring (bicyclic) bond motifs is 1. The highest BCUT2D eigenvalue weighted by atomic mass is 16.2. The summed E-state index contributed by atoms with van der Waals surface area (Å²) in [6.07, 6.45) is 3.89. The number of nitrogens with one attached hydrogen (secondary N) is 1. The summed E-state index contributed by atoms with van der Waals surface area (Å²) in [5, 5.41) is 7.58. The average Bonchev–Trinajstić information content (AvgIpc) is 2.67. The molecule has 20 heavy (non-hydrogen) atoms. The fourth-order valence-corrected chi connectivity index (χ4v) is 2.87. The van der Waals surface area contributed by atoms with E-state index in [0.717, 1.165) is 57.7 Å². The molecule has 0 bridgehead atoms. The lowest BCUT2D eigenvalue weighted by Gasteiger charge is -2.19. The third-order valence-electron chi connectivity index (χ3n) is 4.01. The van der Waals surface area contributed by atoms with Gasteiger partial charge in [0, 0.05) is 32.6 Å². The lowest BCUT2D eigenvalue weighted by molar-refractivity contribution is -0.131. The molecule has 7 nitrogen and oxygen atoms in total. The molecule has 110 valence electrons. The van der Waals surface area contributed by atoms with Crippen molar-refractivity contribution in [3.63, 3.8) is 0 Å². The molecular formula is C13H21N5O2. The number of aryl methyl sites for hydroxylation is 1. The Bertz CT molecular complexity index is 539. The van der Waals surface area contributed by atoms with Gasteiger partial charge in [-0.25, -0.2) is 9.48 Å². The normalized spacial score (nSPS) is 19.5. The topological polar surface area (TPSA) is 72.2 Å². The highest BCUT2D eigenvalue weighted by molar-refractivity contribution is 5.75. The maximum absolute atomic E-state index is 12.3. The van der Waals surface area contributed by atoms with E-state index in [0.29, 0.717) is 6.54 Å². The smallest absolute Gasteiger partial charge is 0.340 e. The van der Waals surface area contributed by atoms with Gasteiger partial charge < -0.3 is 10.2 Å². The predicted molar refractivity (Wildman–Crippen MR) is 73.5 cm³/mol. The number of hydrogen-bond donors (Lipinski definition) is 1. The van der Waals surface area contributed by atoms with Crippen LogP contribution in [0.5, 0.6) is 0 Å². The molecule has 0 radical (unpaired) electrons. The Balaban J connectivity index is 1.72. The molecule has 0 aliphatic carbocycles. The van der Waals surface area contributed by atoms with Crippen LogP contribution in [0, 0.1) is 0 Å². The van der Waals surface area contributed by atoms with Gasteiger partial charge >= 0.3 is 5.69 Å². The first-order chi connectivity index (χ1) is 9.75. The van der Waals surface area contributed by atoms with Crippen molar-refractivity contribution in [1.29, 1.82) is 0 Å². The van der Waals surface area contributed by atoms with E-state index in [1.165, 1.54) is 4.68 Å². The van der Waals surface area contributed by atoms with Gasteiger partial charge in [-0.3, -0.25) is 9.36 Å². The molecule has 1 amide bonds. The zero-order valence-electron chi connectivity index (χ0n) is 11.7. The fourth-order valence-electron chi connectivity index (χ4n) is 2.87. The molecule has 1 N–H and O–H groups in total. The van der Waals surface area contributed by atoms with Crippen LogP contribution in [0.2, 0.25) is 0 Å². The van der Waals surface area contributed by atoms with Gasteiger partial charge in [0.25, 0.3) is 0 Å². The molecule has 0 atom stereocenters. The van der Waals surface area contributed by atoms with E-state index in [-0.39, 0.29) is 18.1 Å². The van der Waals surface area contributed by atoms with Gasteiger partial charge in [0.15, 0.2) is 0 Å². The minimum absolute atomic E-state index is 0.00810. The van der Waals surface area contributed by atoms with E-state index in [9.17, 15) is 9.59 Å². The van der Waals surface area contributed by atoms with E-state index in [4.69, 9.17) is 0 Å². The molecule has 1 aromatic heterocycles. The molecule has 1 fully saturated rings. The van der Waals surface area contributed by atoms with Crippen molar-refractivity contribution >= 4 is 5.91 Å². The summed E-state index contributed by atoms with van der Waals surface area (Å²) in [5.41, 5.74) is -0.138. The first kappa shape index (κ1) is 13.4. The summed E-state index contributed by atoms with van der Waals surface area (Å²) in [6, 6.07) is 0. The molecule has 2 aliphatic heterocycles. The second-order valence-electron chi connectivity index (χ2n) is 5.45. The first-order valence-electron chi connectivity index (χ1n) is 7.41. The highest BCUT2D eigenvalue weighted by Gasteiger charge is 2.21. The molecule has 0 spiro atoms. The van der Waals surface area contributed by atoms with E-state index >= 15 is 0 Å². The van der Waals surface area contributed by atoms with Gasteiger partial charge in [0.05, 0.1) is 0 Å². The Morgan fingerprint density at radius 3 is 2.90 bits per heavy atom. The van der Waals surface area contributed by atoms with Gasteiger partial charge in [-0.1, -0.05) is 0 Å². The van der Waals surface area contributed by atoms with Crippen LogP contribution in [-0.2, 0) is 24.3 Å². The number of carbonyl (C=O) groups is 1. The zero-order valence-corrected chi connectivity index (χ0v) is 11.7. The standard InChI is InChI=1S/C13H21N5O2/c19-12(16-7-3-5-14-6-9-16)10-18-13(20)17-8-2-1-4-11(17)15-18/h14H,1-10H2. The molecular weight excluding hydrogens is 258 g/mol. The minimum atomic E-state index is -0.138. The Morgan fingerprint density at radius 2 is 2.05 bits per heavy atom. The van der Waals surface area contributed by atoms with Crippen LogP contribution < -0.4 is 11.0 Å². The predicted octanol–water partition coefficient (Wildman–Crippen LogP) is -0.797. The van der Waals surface area contributed by atoms with Gasteiger partial charge in [-0.05, 0) is 25.8 Å². The number of carbonyl (C=O) groups excluding carboxylic acids is 1. The summed E-state index contributed by atoms with van der Waals surface area (Å²) in [7, 11) is 0. The molecule has 0 unspecified atom stereocenters. The lowest BCUT2D eigenvalue weighted by Crippen LogP contribution is -2.39. The Labute approximate surface area is 117 Å². The highest BCUT2D eigenvalue weighted by Crippen LogP contribution is 2.09. The maximum Gasteiger partial charge on any atom is 0.346 e. The number of nitrogens with zero attached hydrogens (tertiary/aromatic N) is 4. The van der Waals surface area contributed by atoms with Gasteiger partial charge in [-0.15, -0.1) is 0 Å². The van der Waals surface area contributed by atoms with Crippen LogP contribution in [0.1, 0.15) is 25.1 Å². The van der Waals surface area contributed by atoms with Crippen molar-refractivity contribution in [3.05, 3.63) is 16.3 Å². The third kappa shape index (κ3) is 2.63. The number of rotatable bonds is 2. The summed E-state index contributed by atoms with van der Waals surface area (Å²) in [5.74, 6) is 0.817. The quantitative estimate of drug-likeness (QED) is 0.769. The summed E-state index contributed by atoms with van der Waals surface area (Å²) in [6.45, 7) is 4.03. The second kappa shape index (κ2) is 5.78. The average molecular weight is 279 g/mol. The van der Waals surface area contributed by atoms with Crippen molar-refractivity contribution in [2.45, 2.75) is 38.8 Å². The summed E-state index contributed by atoms with van der Waals surface area (Å²) in [4.78, 5) is 26.3. The monoisotopic (exact) mass is 279 g/mol. The number of aromatic nitrogens is 3. The number of amides is 1. The molecule has 1 saturated heterocycles. The Hall–Kier alpha value is -1.63. The van der Waals surface area contributed by atoms with Crippen molar-refractivity contribution in [3.8, 4) is 0 Å². The lowest BCUT2D eigenvalue weighted by atomic mass is 10.2. The van der Waals surface area contributed by atoms with Crippen LogP contribution >= 0.6 is 0 Å². The molecule has 7 heteroatoms. The SMILES string of the molecule is O=C(Cn1nc2n(c1=O)CCCC2)N1CCCNCC1. The molecule has 2 aliphatic rings. The van der Waals surface area contributed by atoms with Gasteiger partial charge in [0.2, 0.25) is 5.91 Å². The van der Waals surface area contributed by atoms with E-state index in [1.807, 2.05) is 4.90 Å². The Kier molecular flexibility index (Phi) is 3.86. The molecule has 3 rings (SSSR count). The van der Waals surface area contributed by atoms with Crippen LogP contribution in [0.4, 0.5) is 0 Å². The summed E-state index contributed by atoms with van der Waals surface area (Å²) >= 11 is 0. The van der Waals surface area contributed by atoms with Crippen LogP contribution in [0.15, 0.2) is 4.79 Å². The van der Waals surface area contributed by atoms with Crippen LogP contribution in [0.3, 0.4) is 0 Å². The van der Waals surface area contributed by atoms with E-state index in [2.05, 4.69) is 10.4 Å². The van der Waals surface area contributed by atoms with Crippen LogP contribution in [-0.4, -0.2) is 51.3 Å². The van der Waals surface area contributed by atoms with Crippen molar-refractivity contribution < 1.29 is 4.79 Å². The molecule has 0 aromatic carbocycles. The van der Waals surface area contributed by atoms with Crippen molar-refractivity contribution in [2.75, 3.05) is 26.2 Å². The Morgan fingerprint density at radius 1 is 1.15 bits per heavy atom.